The minimum atomic E-state index is -0.928. The fourth-order valence-corrected chi connectivity index (χ4v) is 3.84. The molecule has 0 radical (unpaired) electrons. The van der Waals surface area contributed by atoms with Gasteiger partial charge in [-0.1, -0.05) is 30.3 Å². The molecule has 1 aromatic rings. The normalized spacial score (nSPS) is 28.6. The van der Waals surface area contributed by atoms with E-state index in [4.69, 9.17) is 0 Å². The van der Waals surface area contributed by atoms with Crippen molar-refractivity contribution >= 4 is 12.0 Å². The number of fused-ring (bicyclic) bond motifs is 1. The van der Waals surface area contributed by atoms with Crippen molar-refractivity contribution < 1.29 is 14.7 Å². The summed E-state index contributed by atoms with van der Waals surface area (Å²) in [6, 6.07) is 9.89. The highest BCUT2D eigenvalue weighted by atomic mass is 16.4. The molecule has 112 valence electrons. The molecular formula is C16H20N2O3. The zero-order valence-corrected chi connectivity index (χ0v) is 12.2. The average molecular weight is 288 g/mol. The molecule has 2 saturated heterocycles. The molecule has 1 N–H and O–H groups in total. The van der Waals surface area contributed by atoms with Gasteiger partial charge in [0.25, 0.3) is 0 Å². The van der Waals surface area contributed by atoms with Gasteiger partial charge in [-0.2, -0.15) is 0 Å². The van der Waals surface area contributed by atoms with Crippen LogP contribution < -0.4 is 0 Å². The first kappa shape index (κ1) is 13.9. The molecule has 1 aromatic carbocycles. The number of carbonyl (C=O) groups excluding carboxylic acids is 1. The summed E-state index contributed by atoms with van der Waals surface area (Å²) >= 11 is 0. The maximum Gasteiger partial charge on any atom is 0.407 e. The lowest BCUT2D eigenvalue weighted by molar-refractivity contribution is -0.137. The lowest BCUT2D eigenvalue weighted by atomic mass is 9.69. The monoisotopic (exact) mass is 288 g/mol. The van der Waals surface area contributed by atoms with Gasteiger partial charge in [-0.15, -0.1) is 0 Å². The molecule has 2 atom stereocenters. The van der Waals surface area contributed by atoms with Crippen molar-refractivity contribution in [2.75, 3.05) is 26.7 Å². The number of carbonyl (C=O) groups is 2. The van der Waals surface area contributed by atoms with Crippen LogP contribution in [0, 0.1) is 11.3 Å². The van der Waals surface area contributed by atoms with E-state index in [0.29, 0.717) is 19.5 Å². The van der Waals surface area contributed by atoms with Crippen molar-refractivity contribution in [2.24, 2.45) is 11.3 Å². The van der Waals surface area contributed by atoms with Crippen molar-refractivity contribution in [3.8, 4) is 0 Å². The van der Waals surface area contributed by atoms with Crippen LogP contribution in [-0.2, 0) is 11.2 Å². The molecule has 2 heterocycles. The van der Waals surface area contributed by atoms with Crippen LogP contribution in [0.2, 0.25) is 0 Å². The van der Waals surface area contributed by atoms with Gasteiger partial charge in [0.1, 0.15) is 0 Å². The smallest absolute Gasteiger partial charge is 0.407 e. The van der Waals surface area contributed by atoms with Gasteiger partial charge in [0.05, 0.1) is 5.41 Å². The lowest BCUT2D eigenvalue weighted by Gasteiger charge is -2.41. The molecule has 0 aliphatic carbocycles. The topological polar surface area (TPSA) is 60.9 Å². The highest BCUT2D eigenvalue weighted by Crippen LogP contribution is 2.45. The van der Waals surface area contributed by atoms with Gasteiger partial charge in [-0.25, -0.2) is 4.79 Å². The van der Waals surface area contributed by atoms with Crippen LogP contribution in [0.4, 0.5) is 4.79 Å². The van der Waals surface area contributed by atoms with Crippen LogP contribution in [0.15, 0.2) is 30.3 Å². The Balaban J connectivity index is 1.95. The zero-order valence-electron chi connectivity index (χ0n) is 12.2. The molecule has 0 saturated carbocycles. The molecule has 0 spiro atoms. The number of amides is 2. The second-order valence-electron chi connectivity index (χ2n) is 6.19. The van der Waals surface area contributed by atoms with Crippen molar-refractivity contribution in [3.63, 3.8) is 0 Å². The van der Waals surface area contributed by atoms with E-state index in [1.165, 1.54) is 4.90 Å². The van der Waals surface area contributed by atoms with Crippen LogP contribution in [0.5, 0.6) is 0 Å². The van der Waals surface area contributed by atoms with Crippen molar-refractivity contribution in [1.82, 2.24) is 9.80 Å². The fourth-order valence-electron chi connectivity index (χ4n) is 3.84. The standard InChI is InChI=1S/C16H20N2O3/c1-17-10-13-7-8-18(15(20)21)11-16(13,14(17)19)9-12-5-3-2-4-6-12/h2-6,13H,7-11H2,1H3,(H,20,21). The van der Waals surface area contributed by atoms with E-state index in [9.17, 15) is 14.7 Å². The van der Waals surface area contributed by atoms with Gasteiger partial charge in [0.2, 0.25) is 5.91 Å². The molecule has 5 heteroatoms. The van der Waals surface area contributed by atoms with Gasteiger partial charge >= 0.3 is 6.09 Å². The van der Waals surface area contributed by atoms with E-state index >= 15 is 0 Å². The SMILES string of the molecule is CN1CC2CCN(C(=O)O)CC2(Cc2ccccc2)C1=O. The third-order valence-electron chi connectivity index (χ3n) is 4.90. The number of benzene rings is 1. The first-order valence-corrected chi connectivity index (χ1v) is 7.30. The second-order valence-corrected chi connectivity index (χ2v) is 6.19. The third-order valence-corrected chi connectivity index (χ3v) is 4.90. The predicted molar refractivity (Wildman–Crippen MR) is 77.9 cm³/mol. The van der Waals surface area contributed by atoms with Crippen molar-refractivity contribution in [3.05, 3.63) is 35.9 Å². The van der Waals surface area contributed by atoms with Crippen molar-refractivity contribution in [1.29, 1.82) is 0 Å². The molecule has 5 nitrogen and oxygen atoms in total. The second kappa shape index (κ2) is 5.06. The summed E-state index contributed by atoms with van der Waals surface area (Å²) < 4.78 is 0. The summed E-state index contributed by atoms with van der Waals surface area (Å²) in [5, 5.41) is 9.29. The molecule has 2 aliphatic heterocycles. The molecule has 2 unspecified atom stereocenters. The van der Waals surface area contributed by atoms with Crippen LogP contribution in [0.1, 0.15) is 12.0 Å². The lowest BCUT2D eigenvalue weighted by Crippen LogP contribution is -2.53. The average Bonchev–Trinajstić information content (AvgIpc) is 2.72. The largest absolute Gasteiger partial charge is 0.465 e. The Labute approximate surface area is 124 Å². The van der Waals surface area contributed by atoms with E-state index < -0.39 is 11.5 Å². The molecule has 3 rings (SSSR count). The maximum absolute atomic E-state index is 12.7. The first-order chi connectivity index (χ1) is 10.0. The first-order valence-electron chi connectivity index (χ1n) is 7.30. The van der Waals surface area contributed by atoms with Crippen LogP contribution in [0.3, 0.4) is 0 Å². The molecular weight excluding hydrogens is 268 g/mol. The van der Waals surface area contributed by atoms with Crippen LogP contribution in [-0.4, -0.2) is 53.6 Å². The minimum Gasteiger partial charge on any atom is -0.465 e. The maximum atomic E-state index is 12.7. The number of hydrogen-bond acceptors (Lipinski definition) is 2. The van der Waals surface area contributed by atoms with Gasteiger partial charge in [0.15, 0.2) is 0 Å². The molecule has 2 aliphatic rings. The van der Waals surface area contributed by atoms with Crippen molar-refractivity contribution in [2.45, 2.75) is 12.8 Å². The summed E-state index contributed by atoms with van der Waals surface area (Å²) in [5.74, 6) is 0.327. The molecule has 0 bridgehead atoms. The van der Waals surface area contributed by atoms with Crippen LogP contribution >= 0.6 is 0 Å². The Hall–Kier alpha value is -2.04. The van der Waals surface area contributed by atoms with Gasteiger partial charge < -0.3 is 14.9 Å². The zero-order chi connectivity index (χ0) is 15.0. The number of piperidine rings is 1. The Morgan fingerprint density at radius 2 is 2.10 bits per heavy atom. The Morgan fingerprint density at radius 3 is 2.76 bits per heavy atom. The number of nitrogens with zero attached hydrogens (tertiary/aromatic N) is 2. The minimum absolute atomic E-state index is 0.0855. The Kier molecular flexibility index (Phi) is 3.35. The van der Waals surface area contributed by atoms with Gasteiger partial charge in [-0.3, -0.25) is 4.79 Å². The predicted octanol–water partition coefficient (Wildman–Crippen LogP) is 1.69. The number of likely N-dealkylation sites (tertiary alicyclic amines) is 2. The summed E-state index contributed by atoms with van der Waals surface area (Å²) in [5.41, 5.74) is 0.505. The van der Waals surface area contributed by atoms with E-state index in [2.05, 4.69) is 0 Å². The summed E-state index contributed by atoms with van der Waals surface area (Å²) in [7, 11) is 1.82. The molecule has 21 heavy (non-hydrogen) atoms. The molecule has 0 aromatic heterocycles. The number of hydrogen-bond donors (Lipinski definition) is 1. The van der Waals surface area contributed by atoms with Gasteiger partial charge in [-0.05, 0) is 24.3 Å². The molecule has 2 amide bonds. The Bertz CT molecular complexity index is 560. The van der Waals surface area contributed by atoms with Gasteiger partial charge in [0, 0.05) is 26.7 Å². The summed E-state index contributed by atoms with van der Waals surface area (Å²) in [6.45, 7) is 1.57. The highest BCUT2D eigenvalue weighted by Gasteiger charge is 2.55. The Morgan fingerprint density at radius 1 is 1.38 bits per heavy atom. The van der Waals surface area contributed by atoms with Crippen LogP contribution in [0.25, 0.3) is 0 Å². The molecule has 2 fully saturated rings. The summed E-state index contributed by atoms with van der Waals surface area (Å²) in [6.07, 6.45) is 0.448. The van der Waals surface area contributed by atoms with E-state index in [1.807, 2.05) is 37.4 Å². The van der Waals surface area contributed by atoms with E-state index in [0.717, 1.165) is 18.5 Å². The highest BCUT2D eigenvalue weighted by molar-refractivity contribution is 5.86. The number of carboxylic acid groups (broad SMARTS) is 1. The fraction of sp³-hybridized carbons (Fsp3) is 0.500. The third kappa shape index (κ3) is 2.26. The summed E-state index contributed by atoms with van der Waals surface area (Å²) in [4.78, 5) is 27.2. The quantitative estimate of drug-likeness (QED) is 0.901. The number of rotatable bonds is 2. The van der Waals surface area contributed by atoms with E-state index in [-0.39, 0.29) is 11.8 Å². The van der Waals surface area contributed by atoms with E-state index in [1.54, 1.807) is 4.90 Å².